The first kappa shape index (κ1) is 20.1. The Labute approximate surface area is 172 Å². The molecular weight excluding hydrogens is 366 g/mol. The Balaban J connectivity index is 1.29. The second-order valence-electron chi connectivity index (χ2n) is 8.66. The quantitative estimate of drug-likeness (QED) is 0.749. The van der Waals surface area contributed by atoms with Gasteiger partial charge in [-0.05, 0) is 56.5 Å². The van der Waals surface area contributed by atoms with Gasteiger partial charge in [-0.3, -0.25) is 24.2 Å². The number of benzene rings is 1. The fourth-order valence-electron chi connectivity index (χ4n) is 5.01. The number of nitrogens with zero attached hydrogens (tertiary/aromatic N) is 2. The average molecular weight is 398 g/mol. The number of nitrogens with one attached hydrogen (secondary N) is 1. The molecule has 1 aromatic carbocycles. The average Bonchev–Trinajstić information content (AvgIpc) is 2.98. The third kappa shape index (κ3) is 4.69. The van der Waals surface area contributed by atoms with Gasteiger partial charge in [0.1, 0.15) is 0 Å². The molecule has 6 nitrogen and oxygen atoms in total. The predicted octanol–water partition coefficient (Wildman–Crippen LogP) is 3.18. The molecule has 3 fully saturated rings. The largest absolute Gasteiger partial charge is 0.326 e. The normalized spacial score (nSPS) is 25.2. The van der Waals surface area contributed by atoms with Crippen LogP contribution in [0.25, 0.3) is 0 Å². The molecule has 2 atom stereocenters. The van der Waals surface area contributed by atoms with Gasteiger partial charge in [0.15, 0.2) is 0 Å². The van der Waals surface area contributed by atoms with E-state index in [1.54, 1.807) is 0 Å². The molecule has 0 radical (unpaired) electrons. The molecule has 29 heavy (non-hydrogen) atoms. The monoisotopic (exact) mass is 397 g/mol. The van der Waals surface area contributed by atoms with Gasteiger partial charge in [0.2, 0.25) is 17.7 Å². The van der Waals surface area contributed by atoms with E-state index in [4.69, 9.17) is 0 Å². The molecule has 1 N–H and O–H groups in total. The minimum atomic E-state index is -0.157. The molecule has 2 saturated heterocycles. The third-order valence-corrected chi connectivity index (χ3v) is 6.56. The summed E-state index contributed by atoms with van der Waals surface area (Å²) in [4.78, 5) is 41.3. The fraction of sp³-hybridized carbons (Fsp3) is 0.609. The summed E-state index contributed by atoms with van der Waals surface area (Å²) in [5.41, 5.74) is 1.97. The highest BCUT2D eigenvalue weighted by atomic mass is 16.2. The number of hydrogen-bond acceptors (Lipinski definition) is 4. The van der Waals surface area contributed by atoms with Crippen LogP contribution >= 0.6 is 0 Å². The van der Waals surface area contributed by atoms with Crippen molar-refractivity contribution in [1.29, 1.82) is 0 Å². The highest BCUT2D eigenvalue weighted by Gasteiger charge is 2.47. The van der Waals surface area contributed by atoms with Crippen LogP contribution in [0.5, 0.6) is 0 Å². The number of carbonyl (C=O) groups is 3. The summed E-state index contributed by atoms with van der Waals surface area (Å²) in [5.74, 6) is -0.598. The molecule has 2 unspecified atom stereocenters. The van der Waals surface area contributed by atoms with Crippen LogP contribution in [0.4, 0.5) is 5.69 Å². The molecule has 0 spiro atoms. The maximum absolute atomic E-state index is 12.5. The van der Waals surface area contributed by atoms with Gasteiger partial charge in [0, 0.05) is 25.2 Å². The second-order valence-corrected chi connectivity index (χ2v) is 8.66. The van der Waals surface area contributed by atoms with Crippen molar-refractivity contribution in [3.63, 3.8) is 0 Å². The molecule has 1 saturated carbocycles. The molecule has 0 aromatic heterocycles. The number of fused-ring (bicyclic) bond motifs is 1. The maximum atomic E-state index is 12.5. The van der Waals surface area contributed by atoms with Crippen molar-refractivity contribution in [3.05, 3.63) is 29.8 Å². The van der Waals surface area contributed by atoms with Crippen molar-refractivity contribution in [2.45, 2.75) is 57.9 Å². The molecule has 3 aliphatic rings. The summed E-state index contributed by atoms with van der Waals surface area (Å²) in [6.07, 6.45) is 7.62. The number of carbonyl (C=O) groups excluding carboxylic acids is 3. The number of anilines is 1. The highest BCUT2D eigenvalue weighted by molar-refractivity contribution is 6.05. The Kier molecular flexibility index (Phi) is 6.28. The van der Waals surface area contributed by atoms with Crippen molar-refractivity contribution >= 4 is 23.4 Å². The molecular formula is C23H31N3O3. The zero-order valence-electron chi connectivity index (χ0n) is 17.1. The second kappa shape index (κ2) is 9.08. The Hall–Kier alpha value is -2.21. The molecule has 1 aliphatic carbocycles. The molecule has 2 heterocycles. The van der Waals surface area contributed by atoms with Crippen LogP contribution in [0.1, 0.15) is 56.9 Å². The fourth-order valence-corrected chi connectivity index (χ4v) is 5.01. The molecule has 156 valence electrons. The van der Waals surface area contributed by atoms with E-state index in [-0.39, 0.29) is 42.5 Å². The van der Waals surface area contributed by atoms with E-state index in [9.17, 15) is 14.4 Å². The number of rotatable bonds is 6. The standard InChI is InChI=1S/C23H31N3O3/c27-21(11-14-26-22(28)19-9-2-3-10-20(19)23(26)29)24-18-8-6-7-17(15-18)16-25-12-4-1-5-13-25/h6-8,15,19-20H,1-5,9-14,16H2,(H,24,27). The summed E-state index contributed by atoms with van der Waals surface area (Å²) in [6, 6.07) is 7.96. The Morgan fingerprint density at radius 2 is 1.66 bits per heavy atom. The van der Waals surface area contributed by atoms with E-state index >= 15 is 0 Å². The summed E-state index contributed by atoms with van der Waals surface area (Å²) in [6.45, 7) is 3.36. The minimum Gasteiger partial charge on any atom is -0.326 e. The highest BCUT2D eigenvalue weighted by Crippen LogP contribution is 2.38. The smallest absolute Gasteiger partial charge is 0.233 e. The van der Waals surface area contributed by atoms with E-state index in [1.165, 1.54) is 29.7 Å². The van der Waals surface area contributed by atoms with Crippen molar-refractivity contribution in [1.82, 2.24) is 9.80 Å². The lowest BCUT2D eigenvalue weighted by molar-refractivity contribution is -0.140. The number of amides is 3. The van der Waals surface area contributed by atoms with Gasteiger partial charge in [0.05, 0.1) is 11.8 Å². The molecule has 6 heteroatoms. The van der Waals surface area contributed by atoms with Gasteiger partial charge in [-0.1, -0.05) is 31.4 Å². The predicted molar refractivity (Wildman–Crippen MR) is 111 cm³/mol. The number of piperidine rings is 1. The zero-order chi connectivity index (χ0) is 20.2. The van der Waals surface area contributed by atoms with E-state index in [1.807, 2.05) is 18.2 Å². The van der Waals surface area contributed by atoms with Crippen LogP contribution in [0, 0.1) is 11.8 Å². The lowest BCUT2D eigenvalue weighted by Crippen LogP contribution is -2.34. The van der Waals surface area contributed by atoms with E-state index < -0.39 is 0 Å². The van der Waals surface area contributed by atoms with Crippen LogP contribution in [0.3, 0.4) is 0 Å². The van der Waals surface area contributed by atoms with Crippen molar-refractivity contribution < 1.29 is 14.4 Å². The number of imide groups is 1. The lowest BCUT2D eigenvalue weighted by atomic mass is 9.81. The third-order valence-electron chi connectivity index (χ3n) is 6.56. The van der Waals surface area contributed by atoms with E-state index in [0.717, 1.165) is 51.0 Å². The zero-order valence-corrected chi connectivity index (χ0v) is 17.1. The summed E-state index contributed by atoms with van der Waals surface area (Å²) in [7, 11) is 0. The van der Waals surface area contributed by atoms with E-state index in [2.05, 4.69) is 16.3 Å². The minimum absolute atomic E-state index is 0.0731. The molecule has 0 bridgehead atoms. The molecule has 2 aliphatic heterocycles. The van der Waals surface area contributed by atoms with Gasteiger partial charge in [-0.15, -0.1) is 0 Å². The van der Waals surface area contributed by atoms with Gasteiger partial charge >= 0.3 is 0 Å². The van der Waals surface area contributed by atoms with Crippen LogP contribution in [-0.4, -0.2) is 47.2 Å². The van der Waals surface area contributed by atoms with Crippen molar-refractivity contribution in [3.8, 4) is 0 Å². The van der Waals surface area contributed by atoms with Gasteiger partial charge in [0.25, 0.3) is 0 Å². The Morgan fingerprint density at radius 3 is 2.34 bits per heavy atom. The first-order chi connectivity index (χ1) is 14.1. The first-order valence-corrected chi connectivity index (χ1v) is 11.1. The Morgan fingerprint density at radius 1 is 0.966 bits per heavy atom. The number of hydrogen-bond donors (Lipinski definition) is 1. The van der Waals surface area contributed by atoms with Crippen LogP contribution in [0.15, 0.2) is 24.3 Å². The van der Waals surface area contributed by atoms with Crippen molar-refractivity contribution in [2.24, 2.45) is 11.8 Å². The van der Waals surface area contributed by atoms with Crippen LogP contribution in [0.2, 0.25) is 0 Å². The first-order valence-electron chi connectivity index (χ1n) is 11.1. The summed E-state index contributed by atoms with van der Waals surface area (Å²) < 4.78 is 0. The molecule has 4 rings (SSSR count). The van der Waals surface area contributed by atoms with Crippen LogP contribution in [-0.2, 0) is 20.9 Å². The molecule has 1 aromatic rings. The maximum Gasteiger partial charge on any atom is 0.233 e. The lowest BCUT2D eigenvalue weighted by Gasteiger charge is -2.26. The van der Waals surface area contributed by atoms with E-state index in [0.29, 0.717) is 0 Å². The Bertz CT molecular complexity index is 748. The number of likely N-dealkylation sites (tertiary alicyclic amines) is 2. The summed E-state index contributed by atoms with van der Waals surface area (Å²) in [5, 5.41) is 2.93. The van der Waals surface area contributed by atoms with Gasteiger partial charge in [-0.25, -0.2) is 0 Å². The van der Waals surface area contributed by atoms with Crippen molar-refractivity contribution in [2.75, 3.05) is 25.0 Å². The SMILES string of the molecule is O=C(CCN1C(=O)C2CCCCC2C1=O)Nc1cccc(CN2CCCCC2)c1. The van der Waals surface area contributed by atoms with Gasteiger partial charge in [-0.2, -0.15) is 0 Å². The van der Waals surface area contributed by atoms with Gasteiger partial charge < -0.3 is 5.32 Å². The molecule has 3 amide bonds. The topological polar surface area (TPSA) is 69.7 Å². The van der Waals surface area contributed by atoms with Crippen LogP contribution < -0.4 is 5.32 Å². The summed E-state index contributed by atoms with van der Waals surface area (Å²) >= 11 is 0.